The van der Waals surface area contributed by atoms with Crippen LogP contribution in [-0.4, -0.2) is 50.2 Å². The highest BCUT2D eigenvalue weighted by molar-refractivity contribution is 7.13. The van der Waals surface area contributed by atoms with Crippen molar-refractivity contribution in [3.05, 3.63) is 40.7 Å². The highest BCUT2D eigenvalue weighted by atomic mass is 32.1. The van der Waals surface area contributed by atoms with Crippen molar-refractivity contribution in [1.29, 1.82) is 0 Å². The summed E-state index contributed by atoms with van der Waals surface area (Å²) in [6.07, 6.45) is -0.0165. The molecule has 0 spiro atoms. The number of carbonyl (C=O) groups excluding carboxylic acids is 2. The Morgan fingerprint density at radius 2 is 1.96 bits per heavy atom. The molecular formula is C18H21FN4O4S. The topological polar surface area (TPSA) is 92.8 Å². The molecule has 3 rings (SSSR count). The lowest BCUT2D eigenvalue weighted by atomic mass is 10.1. The summed E-state index contributed by atoms with van der Waals surface area (Å²) in [4.78, 5) is 30.5. The number of halogens is 1. The average Bonchev–Trinajstić information content (AvgIpc) is 3.16. The number of methoxy groups -OCH3 is 1. The zero-order valence-electron chi connectivity index (χ0n) is 15.4. The lowest BCUT2D eigenvalue weighted by Crippen LogP contribution is -2.43. The minimum Gasteiger partial charge on any atom is -0.494 e. The summed E-state index contributed by atoms with van der Waals surface area (Å²) in [5.41, 5.74) is 5.78. The summed E-state index contributed by atoms with van der Waals surface area (Å²) in [6, 6.07) is 4.26. The third kappa shape index (κ3) is 5.40. The molecule has 0 bridgehead atoms. The van der Waals surface area contributed by atoms with Crippen molar-refractivity contribution in [1.82, 2.24) is 15.8 Å². The van der Waals surface area contributed by atoms with Gasteiger partial charge in [0.2, 0.25) is 11.8 Å². The lowest BCUT2D eigenvalue weighted by molar-refractivity contribution is -0.128. The summed E-state index contributed by atoms with van der Waals surface area (Å²) in [6.45, 7) is 2.89. The third-order valence-corrected chi connectivity index (χ3v) is 5.04. The van der Waals surface area contributed by atoms with E-state index in [0.29, 0.717) is 24.5 Å². The number of nitrogens with one attached hydrogen (secondary N) is 2. The van der Waals surface area contributed by atoms with E-state index in [9.17, 15) is 14.0 Å². The maximum Gasteiger partial charge on any atom is 0.244 e. The molecule has 8 nitrogen and oxygen atoms in total. The van der Waals surface area contributed by atoms with Crippen molar-refractivity contribution in [2.75, 3.05) is 38.3 Å². The number of ether oxygens (including phenoxy) is 2. The van der Waals surface area contributed by atoms with Crippen LogP contribution >= 0.6 is 11.3 Å². The maximum atomic E-state index is 13.7. The summed E-state index contributed by atoms with van der Waals surface area (Å²) in [5, 5.41) is 2.68. The van der Waals surface area contributed by atoms with Crippen molar-refractivity contribution in [2.24, 2.45) is 0 Å². The normalized spacial score (nSPS) is 13.9. The Labute approximate surface area is 165 Å². The lowest BCUT2D eigenvalue weighted by Gasteiger charge is -2.26. The number of hydrazine groups is 1. The molecular weight excluding hydrogens is 387 g/mol. The van der Waals surface area contributed by atoms with Crippen LogP contribution in [0.5, 0.6) is 5.75 Å². The van der Waals surface area contributed by atoms with E-state index in [-0.39, 0.29) is 24.5 Å². The van der Waals surface area contributed by atoms with Gasteiger partial charge in [0.15, 0.2) is 16.7 Å². The van der Waals surface area contributed by atoms with Crippen LogP contribution in [0.25, 0.3) is 0 Å². The van der Waals surface area contributed by atoms with Crippen LogP contribution in [0.4, 0.5) is 9.52 Å². The number of amides is 2. The zero-order valence-corrected chi connectivity index (χ0v) is 16.2. The summed E-state index contributed by atoms with van der Waals surface area (Å²) < 4.78 is 23.8. The molecule has 1 aromatic heterocycles. The Bertz CT molecular complexity index is 839. The molecule has 1 aliphatic heterocycles. The van der Waals surface area contributed by atoms with Gasteiger partial charge in [0.1, 0.15) is 0 Å². The van der Waals surface area contributed by atoms with Crippen LogP contribution in [0.15, 0.2) is 23.6 Å². The van der Waals surface area contributed by atoms with Crippen LogP contribution < -0.4 is 20.5 Å². The fourth-order valence-electron chi connectivity index (χ4n) is 2.67. The van der Waals surface area contributed by atoms with E-state index in [4.69, 9.17) is 9.47 Å². The molecule has 1 aromatic carbocycles. The quantitative estimate of drug-likeness (QED) is 0.695. The first kappa shape index (κ1) is 20.0. The van der Waals surface area contributed by atoms with Crippen molar-refractivity contribution in [3.63, 3.8) is 0 Å². The molecule has 0 aliphatic carbocycles. The molecule has 1 saturated heterocycles. The van der Waals surface area contributed by atoms with E-state index in [1.54, 1.807) is 6.07 Å². The van der Waals surface area contributed by atoms with Crippen molar-refractivity contribution < 1.29 is 23.5 Å². The Balaban J connectivity index is 1.44. The second-order valence-corrected chi connectivity index (χ2v) is 6.98. The molecule has 0 saturated carbocycles. The first-order valence-electron chi connectivity index (χ1n) is 8.72. The predicted octanol–water partition coefficient (Wildman–Crippen LogP) is 1.06. The van der Waals surface area contributed by atoms with Gasteiger partial charge >= 0.3 is 0 Å². The van der Waals surface area contributed by atoms with Gasteiger partial charge in [-0.05, 0) is 17.7 Å². The van der Waals surface area contributed by atoms with E-state index in [2.05, 4.69) is 20.7 Å². The number of nitrogens with zero attached hydrogens (tertiary/aromatic N) is 2. The summed E-state index contributed by atoms with van der Waals surface area (Å²) >= 11 is 1.47. The van der Waals surface area contributed by atoms with Gasteiger partial charge in [0.05, 0.1) is 38.9 Å². The number of thiazole rings is 1. The van der Waals surface area contributed by atoms with Crippen LogP contribution in [0.3, 0.4) is 0 Å². The van der Waals surface area contributed by atoms with E-state index in [0.717, 1.165) is 18.2 Å². The fourth-order valence-corrected chi connectivity index (χ4v) is 3.55. The molecule has 2 N–H and O–H groups in total. The molecule has 1 fully saturated rings. The van der Waals surface area contributed by atoms with Gasteiger partial charge in [-0.1, -0.05) is 6.07 Å². The number of rotatable bonds is 6. The number of hydrogen-bond acceptors (Lipinski definition) is 7. The van der Waals surface area contributed by atoms with Crippen LogP contribution in [0.2, 0.25) is 0 Å². The van der Waals surface area contributed by atoms with E-state index in [1.165, 1.54) is 30.6 Å². The van der Waals surface area contributed by atoms with E-state index in [1.807, 2.05) is 5.38 Å². The number of morpholine rings is 1. The monoisotopic (exact) mass is 408 g/mol. The Morgan fingerprint density at radius 3 is 2.64 bits per heavy atom. The minimum atomic E-state index is -0.545. The van der Waals surface area contributed by atoms with Gasteiger partial charge in [-0.15, -0.1) is 11.3 Å². The van der Waals surface area contributed by atoms with Crippen molar-refractivity contribution in [2.45, 2.75) is 12.8 Å². The molecule has 0 atom stereocenters. The molecule has 28 heavy (non-hydrogen) atoms. The molecule has 10 heteroatoms. The van der Waals surface area contributed by atoms with Crippen molar-refractivity contribution in [3.8, 4) is 5.75 Å². The Morgan fingerprint density at radius 1 is 1.25 bits per heavy atom. The van der Waals surface area contributed by atoms with Gasteiger partial charge in [-0.25, -0.2) is 9.37 Å². The highest BCUT2D eigenvalue weighted by Crippen LogP contribution is 2.21. The third-order valence-electron chi connectivity index (χ3n) is 4.09. The molecule has 1 aliphatic rings. The summed E-state index contributed by atoms with van der Waals surface area (Å²) in [7, 11) is 1.37. The molecule has 150 valence electrons. The Hall–Kier alpha value is -2.72. The molecule has 2 aromatic rings. The number of aromatic nitrogens is 1. The van der Waals surface area contributed by atoms with Crippen molar-refractivity contribution >= 4 is 28.3 Å². The van der Waals surface area contributed by atoms with Crippen LogP contribution in [-0.2, 0) is 27.2 Å². The fraction of sp³-hybridized carbons (Fsp3) is 0.389. The largest absolute Gasteiger partial charge is 0.494 e. The SMILES string of the molecule is COc1ccc(CC(=O)NNC(=O)Cc2csc(N3CCOCC3)n2)cc1F. The first-order chi connectivity index (χ1) is 13.5. The highest BCUT2D eigenvalue weighted by Gasteiger charge is 2.16. The molecule has 2 heterocycles. The molecule has 0 unspecified atom stereocenters. The van der Waals surface area contributed by atoms with Gasteiger partial charge in [0.25, 0.3) is 0 Å². The standard InChI is InChI=1S/C18H21FN4O4S/c1-26-15-3-2-12(8-14(15)19)9-16(24)21-22-17(25)10-13-11-28-18(20-13)23-4-6-27-7-5-23/h2-3,8,11H,4-7,9-10H2,1H3,(H,21,24)(H,22,25). The summed E-state index contributed by atoms with van der Waals surface area (Å²) in [5.74, 6) is -1.27. The number of hydrogen-bond donors (Lipinski definition) is 2. The first-order valence-corrected chi connectivity index (χ1v) is 9.60. The molecule has 2 amide bonds. The maximum absolute atomic E-state index is 13.7. The second-order valence-electron chi connectivity index (χ2n) is 6.14. The zero-order chi connectivity index (χ0) is 19.9. The van der Waals surface area contributed by atoms with E-state index < -0.39 is 11.7 Å². The van der Waals surface area contributed by atoms with Gasteiger partial charge < -0.3 is 14.4 Å². The number of anilines is 1. The van der Waals surface area contributed by atoms with Gasteiger partial charge in [0, 0.05) is 18.5 Å². The second kappa shape index (κ2) is 9.47. The van der Waals surface area contributed by atoms with Crippen LogP contribution in [0, 0.1) is 5.82 Å². The average molecular weight is 408 g/mol. The Kier molecular flexibility index (Phi) is 6.77. The minimum absolute atomic E-state index is 0.0539. The smallest absolute Gasteiger partial charge is 0.244 e. The molecule has 0 radical (unpaired) electrons. The number of benzene rings is 1. The number of carbonyl (C=O) groups is 2. The predicted molar refractivity (Wildman–Crippen MR) is 102 cm³/mol. The van der Waals surface area contributed by atoms with Gasteiger partial charge in [-0.3, -0.25) is 20.4 Å². The van der Waals surface area contributed by atoms with E-state index >= 15 is 0 Å². The van der Waals surface area contributed by atoms with Gasteiger partial charge in [-0.2, -0.15) is 0 Å². The van der Waals surface area contributed by atoms with Crippen LogP contribution in [0.1, 0.15) is 11.3 Å².